The van der Waals surface area contributed by atoms with E-state index in [1.54, 1.807) is 0 Å². The third-order valence-corrected chi connectivity index (χ3v) is 5.58. The first-order chi connectivity index (χ1) is 8.39. The van der Waals surface area contributed by atoms with Crippen molar-refractivity contribution in [3.05, 3.63) is 0 Å². The maximum Gasteiger partial charge on any atom is 0.0227 e. The number of rotatable bonds is 10. The van der Waals surface area contributed by atoms with Crippen LogP contribution in [-0.2, 0) is 0 Å². The van der Waals surface area contributed by atoms with Crippen LogP contribution >= 0.6 is 0 Å². The second kappa shape index (κ2) is 8.37. The third-order valence-electron chi connectivity index (χ3n) is 4.65. The predicted octanol–water partition coefficient (Wildman–Crippen LogP) is 4.01. The van der Waals surface area contributed by atoms with Crippen LogP contribution in [0.1, 0.15) is 80.1 Å². The fourth-order valence-electron chi connectivity index (χ4n) is 3.43. The molecule has 110 valence electrons. The summed E-state index contributed by atoms with van der Waals surface area (Å²) in [5.74, 6) is 0. The van der Waals surface area contributed by atoms with Crippen molar-refractivity contribution >= 4 is 10.2 Å². The Morgan fingerprint density at radius 2 is 1.22 bits per heavy atom. The van der Waals surface area contributed by atoms with Crippen molar-refractivity contribution < 1.29 is 0 Å². The Balaban J connectivity index is 5.23. The molecule has 18 heavy (non-hydrogen) atoms. The quantitative estimate of drug-likeness (QED) is 0.543. The first kappa shape index (κ1) is 18.2. The van der Waals surface area contributed by atoms with Crippen LogP contribution in [0.3, 0.4) is 0 Å². The zero-order valence-corrected chi connectivity index (χ0v) is 16.1. The lowest BCUT2D eigenvalue weighted by Crippen LogP contribution is -2.55. The first-order valence-corrected chi connectivity index (χ1v) is 9.14. The van der Waals surface area contributed by atoms with Gasteiger partial charge in [-0.25, -0.2) is 0 Å². The molecule has 0 aliphatic carbocycles. The molecule has 0 heterocycles. The maximum atomic E-state index is 2.77. The number of unbranched alkanes of at least 4 members (excludes halogenated alkanes) is 2. The van der Waals surface area contributed by atoms with E-state index in [0.717, 1.165) is 0 Å². The lowest BCUT2D eigenvalue weighted by atomic mass is 9.75. The van der Waals surface area contributed by atoms with Crippen molar-refractivity contribution in [2.75, 3.05) is 13.1 Å². The molecule has 0 saturated carbocycles. The van der Waals surface area contributed by atoms with Crippen LogP contribution in [0.25, 0.3) is 0 Å². The molecule has 0 unspecified atom stereocenters. The van der Waals surface area contributed by atoms with Gasteiger partial charge in [0.2, 0.25) is 0 Å². The zero-order chi connectivity index (χ0) is 14.2. The Kier molecular flexibility index (Phi) is 8.45. The second-order valence-electron chi connectivity index (χ2n) is 6.66. The van der Waals surface area contributed by atoms with Gasteiger partial charge < -0.3 is 0 Å². The molecule has 0 aromatic heterocycles. The smallest absolute Gasteiger partial charge is 0.0227 e. The van der Waals surface area contributed by atoms with Crippen LogP contribution in [0.2, 0.25) is 5.04 Å². The standard InChI is InChI=1S/C16H37NSi/c1-7-11-13-16(14-12-8-2,15(5,6)18)17(9-3)10-4/h7-14H2,1-6,18H3. The van der Waals surface area contributed by atoms with Gasteiger partial charge in [0.25, 0.3) is 0 Å². The molecule has 2 heteroatoms. The molecule has 0 aliphatic rings. The Morgan fingerprint density at radius 3 is 1.44 bits per heavy atom. The lowest BCUT2D eigenvalue weighted by molar-refractivity contribution is 0.0403. The van der Waals surface area contributed by atoms with Gasteiger partial charge >= 0.3 is 0 Å². The average Bonchev–Trinajstić information content (AvgIpc) is 2.31. The van der Waals surface area contributed by atoms with Gasteiger partial charge in [0, 0.05) is 15.8 Å². The van der Waals surface area contributed by atoms with E-state index in [1.165, 1.54) is 61.9 Å². The van der Waals surface area contributed by atoms with E-state index in [9.17, 15) is 0 Å². The highest BCUT2D eigenvalue weighted by molar-refractivity contribution is 6.15. The monoisotopic (exact) mass is 271 g/mol. The summed E-state index contributed by atoms with van der Waals surface area (Å²) in [4.78, 5) is 2.77. The van der Waals surface area contributed by atoms with Crippen molar-refractivity contribution in [2.45, 2.75) is 90.6 Å². The molecule has 0 amide bonds. The Labute approximate surface area is 119 Å². The lowest BCUT2D eigenvalue weighted by Gasteiger charge is -2.53. The molecule has 0 bridgehead atoms. The van der Waals surface area contributed by atoms with Crippen molar-refractivity contribution in [3.8, 4) is 0 Å². The molecular weight excluding hydrogens is 234 g/mol. The zero-order valence-electron chi connectivity index (χ0n) is 14.1. The summed E-state index contributed by atoms with van der Waals surface area (Å²) in [5.41, 5.74) is 0.453. The van der Waals surface area contributed by atoms with E-state index in [0.29, 0.717) is 10.6 Å². The minimum atomic E-state index is 0.453. The summed E-state index contributed by atoms with van der Waals surface area (Å²) >= 11 is 0. The van der Waals surface area contributed by atoms with Gasteiger partial charge in [0.1, 0.15) is 0 Å². The molecule has 0 aromatic rings. The third kappa shape index (κ3) is 4.38. The molecule has 0 N–H and O–H groups in total. The number of hydrogen-bond acceptors (Lipinski definition) is 1. The van der Waals surface area contributed by atoms with Crippen molar-refractivity contribution in [1.29, 1.82) is 0 Å². The summed E-state index contributed by atoms with van der Waals surface area (Å²) in [6.07, 6.45) is 8.20. The van der Waals surface area contributed by atoms with Gasteiger partial charge in [0.15, 0.2) is 0 Å². The van der Waals surface area contributed by atoms with Crippen LogP contribution in [0, 0.1) is 0 Å². The van der Waals surface area contributed by atoms with Gasteiger partial charge in [-0.05, 0) is 31.0 Å². The van der Waals surface area contributed by atoms with Crippen LogP contribution in [0.5, 0.6) is 0 Å². The molecule has 0 spiro atoms. The second-order valence-corrected chi connectivity index (χ2v) is 9.16. The van der Waals surface area contributed by atoms with Gasteiger partial charge in [0.05, 0.1) is 0 Å². The molecule has 1 nitrogen and oxygen atoms in total. The summed E-state index contributed by atoms with van der Waals surface area (Å²) in [7, 11) is 1.28. The molecule has 0 fully saturated rings. The molecule has 0 rings (SSSR count). The van der Waals surface area contributed by atoms with Gasteiger partial charge in [-0.3, -0.25) is 4.90 Å². The summed E-state index contributed by atoms with van der Waals surface area (Å²) in [6, 6.07) is 0. The van der Waals surface area contributed by atoms with Crippen LogP contribution in [-0.4, -0.2) is 33.8 Å². The van der Waals surface area contributed by atoms with Crippen molar-refractivity contribution in [3.63, 3.8) is 0 Å². The van der Waals surface area contributed by atoms with E-state index >= 15 is 0 Å². The molecular formula is C16H37NSi. The number of nitrogens with zero attached hydrogens (tertiary/aromatic N) is 1. The Morgan fingerprint density at radius 1 is 0.833 bits per heavy atom. The van der Waals surface area contributed by atoms with Gasteiger partial charge in [-0.2, -0.15) is 0 Å². The predicted molar refractivity (Wildman–Crippen MR) is 88.7 cm³/mol. The molecule has 0 aliphatic heterocycles. The minimum absolute atomic E-state index is 0.453. The topological polar surface area (TPSA) is 3.24 Å². The summed E-state index contributed by atoms with van der Waals surface area (Å²) in [5, 5.41) is 0.503. The first-order valence-electron chi connectivity index (χ1n) is 8.14. The Hall–Kier alpha value is 0.177. The highest BCUT2D eigenvalue weighted by atomic mass is 28.1. The van der Waals surface area contributed by atoms with Crippen molar-refractivity contribution in [2.24, 2.45) is 0 Å². The van der Waals surface area contributed by atoms with E-state index < -0.39 is 0 Å². The van der Waals surface area contributed by atoms with Crippen LogP contribution in [0.4, 0.5) is 0 Å². The molecule has 0 radical (unpaired) electrons. The Bertz CT molecular complexity index is 196. The van der Waals surface area contributed by atoms with Crippen LogP contribution in [0.15, 0.2) is 0 Å². The fraction of sp³-hybridized carbons (Fsp3) is 1.00. The minimum Gasteiger partial charge on any atom is -0.298 e. The highest BCUT2D eigenvalue weighted by Gasteiger charge is 2.43. The molecule has 0 atom stereocenters. The highest BCUT2D eigenvalue weighted by Crippen LogP contribution is 2.46. The molecule has 0 aromatic carbocycles. The SMILES string of the molecule is CCCCC(CCCC)(N(CC)CC)C(C)(C)[SiH3]. The van der Waals surface area contributed by atoms with E-state index in [4.69, 9.17) is 0 Å². The maximum absolute atomic E-state index is 2.77. The normalized spacial score (nSPS) is 13.5. The van der Waals surface area contributed by atoms with E-state index in [1.807, 2.05) is 0 Å². The fourth-order valence-corrected chi connectivity index (χ4v) is 4.25. The van der Waals surface area contributed by atoms with E-state index in [2.05, 4.69) is 46.4 Å². The molecule has 0 saturated heterocycles. The van der Waals surface area contributed by atoms with Crippen molar-refractivity contribution in [1.82, 2.24) is 4.90 Å². The van der Waals surface area contributed by atoms with Crippen LogP contribution < -0.4 is 0 Å². The summed E-state index contributed by atoms with van der Waals surface area (Å²) in [6.45, 7) is 16.7. The summed E-state index contributed by atoms with van der Waals surface area (Å²) < 4.78 is 0. The largest absolute Gasteiger partial charge is 0.298 e. The van der Waals surface area contributed by atoms with E-state index in [-0.39, 0.29) is 0 Å². The average molecular weight is 272 g/mol. The van der Waals surface area contributed by atoms with Gasteiger partial charge in [-0.1, -0.05) is 67.2 Å². The van der Waals surface area contributed by atoms with Gasteiger partial charge in [-0.15, -0.1) is 0 Å². The number of hydrogen-bond donors (Lipinski definition) is 0.